The highest BCUT2D eigenvalue weighted by molar-refractivity contribution is 7.10. The van der Waals surface area contributed by atoms with E-state index in [-0.39, 0.29) is 6.04 Å². The van der Waals surface area contributed by atoms with Crippen LogP contribution in [0.1, 0.15) is 23.4 Å². The Morgan fingerprint density at radius 2 is 2.31 bits per heavy atom. The Bertz CT molecular complexity index is 499. The molecule has 1 atom stereocenters. The van der Waals surface area contributed by atoms with Gasteiger partial charge in [0.1, 0.15) is 11.9 Å². The zero-order valence-corrected chi connectivity index (χ0v) is 9.66. The van der Waals surface area contributed by atoms with Crippen molar-refractivity contribution in [2.75, 3.05) is 5.32 Å². The minimum Gasteiger partial charge on any atom is -0.362 e. The molecule has 2 aromatic heterocycles. The summed E-state index contributed by atoms with van der Waals surface area (Å²) in [5.74, 6) is 0.644. The Morgan fingerprint density at radius 3 is 3.00 bits per heavy atom. The summed E-state index contributed by atoms with van der Waals surface area (Å²) in [5, 5.41) is 14.2. The van der Waals surface area contributed by atoms with Gasteiger partial charge in [0.25, 0.3) is 0 Å². The highest BCUT2D eigenvalue weighted by atomic mass is 32.1. The zero-order valence-electron chi connectivity index (χ0n) is 8.84. The molecule has 2 aromatic rings. The molecule has 0 radical (unpaired) electrons. The van der Waals surface area contributed by atoms with E-state index < -0.39 is 0 Å². The maximum Gasteiger partial charge on any atom is 0.144 e. The highest BCUT2D eigenvalue weighted by Gasteiger charge is 2.09. The number of nitriles is 1. The van der Waals surface area contributed by atoms with Gasteiger partial charge in [-0.2, -0.15) is 5.26 Å². The lowest BCUT2D eigenvalue weighted by Crippen LogP contribution is -2.07. The summed E-state index contributed by atoms with van der Waals surface area (Å²) in [7, 11) is 0. The predicted octanol–water partition coefficient (Wildman–Crippen LogP) is 3.19. The summed E-state index contributed by atoms with van der Waals surface area (Å²) in [5.41, 5.74) is 0.575. The SMILES string of the molecule is C[C@H](Nc1ncccc1C#N)c1cccs1. The third-order valence-corrected chi connectivity index (χ3v) is 3.31. The van der Waals surface area contributed by atoms with Crippen LogP contribution in [0.3, 0.4) is 0 Å². The lowest BCUT2D eigenvalue weighted by molar-refractivity contribution is 0.895. The van der Waals surface area contributed by atoms with E-state index in [9.17, 15) is 0 Å². The molecule has 0 aliphatic carbocycles. The first-order valence-corrected chi connectivity index (χ1v) is 5.84. The van der Waals surface area contributed by atoms with Crippen LogP contribution < -0.4 is 5.32 Å². The van der Waals surface area contributed by atoms with Gasteiger partial charge in [-0.05, 0) is 30.5 Å². The molecule has 0 aliphatic heterocycles. The number of hydrogen-bond acceptors (Lipinski definition) is 4. The molecule has 0 saturated carbocycles. The number of anilines is 1. The van der Waals surface area contributed by atoms with Gasteiger partial charge in [-0.3, -0.25) is 0 Å². The largest absolute Gasteiger partial charge is 0.362 e. The summed E-state index contributed by atoms with van der Waals surface area (Å²) in [6.45, 7) is 2.06. The standard InChI is InChI=1S/C12H11N3S/c1-9(11-5-3-7-16-11)15-12-10(8-13)4-2-6-14-12/h2-7,9H,1H3,(H,14,15)/t9-/m0/s1. The van der Waals surface area contributed by atoms with E-state index >= 15 is 0 Å². The Kier molecular flexibility index (Phi) is 3.18. The second-order valence-corrected chi connectivity index (χ2v) is 4.37. The number of hydrogen-bond donors (Lipinski definition) is 1. The Labute approximate surface area is 98.4 Å². The van der Waals surface area contributed by atoms with Crippen molar-refractivity contribution in [1.82, 2.24) is 4.98 Å². The van der Waals surface area contributed by atoms with E-state index in [1.165, 1.54) is 4.88 Å². The first-order valence-electron chi connectivity index (χ1n) is 4.96. The number of nitrogens with one attached hydrogen (secondary N) is 1. The number of rotatable bonds is 3. The van der Waals surface area contributed by atoms with Crippen molar-refractivity contribution in [3.05, 3.63) is 46.3 Å². The summed E-state index contributed by atoms with van der Waals surface area (Å²) >= 11 is 1.69. The fraction of sp³-hybridized carbons (Fsp3) is 0.167. The molecule has 0 unspecified atom stereocenters. The zero-order chi connectivity index (χ0) is 11.4. The van der Waals surface area contributed by atoms with E-state index in [0.717, 1.165) is 0 Å². The van der Waals surface area contributed by atoms with Gasteiger partial charge < -0.3 is 5.32 Å². The molecule has 16 heavy (non-hydrogen) atoms. The molecule has 0 saturated heterocycles. The molecule has 3 nitrogen and oxygen atoms in total. The molecule has 0 spiro atoms. The predicted molar refractivity (Wildman–Crippen MR) is 65.3 cm³/mol. The second kappa shape index (κ2) is 4.77. The van der Waals surface area contributed by atoms with Gasteiger partial charge in [-0.1, -0.05) is 6.07 Å². The van der Waals surface area contributed by atoms with Gasteiger partial charge in [0, 0.05) is 11.1 Å². The van der Waals surface area contributed by atoms with Crippen LogP contribution in [-0.2, 0) is 0 Å². The number of thiophene rings is 1. The van der Waals surface area contributed by atoms with Gasteiger partial charge in [0.05, 0.1) is 11.6 Å². The van der Waals surface area contributed by atoms with Crippen LogP contribution in [0.5, 0.6) is 0 Å². The first kappa shape index (κ1) is 10.7. The molecular formula is C12H11N3S. The quantitative estimate of drug-likeness (QED) is 0.879. The lowest BCUT2D eigenvalue weighted by atomic mass is 10.2. The van der Waals surface area contributed by atoms with Crippen molar-refractivity contribution >= 4 is 17.2 Å². The van der Waals surface area contributed by atoms with Crippen LogP contribution in [0.25, 0.3) is 0 Å². The van der Waals surface area contributed by atoms with E-state index in [1.54, 1.807) is 29.7 Å². The molecule has 2 heterocycles. The molecule has 1 N–H and O–H groups in total. The normalized spacial score (nSPS) is 11.8. The maximum absolute atomic E-state index is 8.93. The van der Waals surface area contributed by atoms with Crippen LogP contribution in [0.15, 0.2) is 35.8 Å². The highest BCUT2D eigenvalue weighted by Crippen LogP contribution is 2.23. The van der Waals surface area contributed by atoms with E-state index in [0.29, 0.717) is 11.4 Å². The summed E-state index contributed by atoms with van der Waals surface area (Å²) in [6, 6.07) is 9.90. The van der Waals surface area contributed by atoms with Crippen molar-refractivity contribution in [1.29, 1.82) is 5.26 Å². The maximum atomic E-state index is 8.93. The molecule has 2 rings (SSSR count). The van der Waals surface area contributed by atoms with Crippen LogP contribution in [0.2, 0.25) is 0 Å². The fourth-order valence-electron chi connectivity index (χ4n) is 1.42. The Balaban J connectivity index is 2.19. The van der Waals surface area contributed by atoms with Crippen LogP contribution in [0, 0.1) is 11.3 Å². The van der Waals surface area contributed by atoms with Gasteiger partial charge in [-0.25, -0.2) is 4.98 Å². The molecule has 0 aliphatic rings. The van der Waals surface area contributed by atoms with Crippen molar-refractivity contribution in [3.8, 4) is 6.07 Å². The molecule has 0 fully saturated rings. The van der Waals surface area contributed by atoms with Gasteiger partial charge >= 0.3 is 0 Å². The van der Waals surface area contributed by atoms with E-state index in [1.807, 2.05) is 11.4 Å². The van der Waals surface area contributed by atoms with Crippen molar-refractivity contribution < 1.29 is 0 Å². The van der Waals surface area contributed by atoms with Crippen molar-refractivity contribution in [2.24, 2.45) is 0 Å². The average Bonchev–Trinajstić information content (AvgIpc) is 2.83. The molecule has 80 valence electrons. The minimum absolute atomic E-state index is 0.169. The van der Waals surface area contributed by atoms with Gasteiger partial charge in [0.2, 0.25) is 0 Å². The number of nitrogens with zero attached hydrogens (tertiary/aromatic N) is 2. The first-order chi connectivity index (χ1) is 7.81. The van der Waals surface area contributed by atoms with Gasteiger partial charge in [-0.15, -0.1) is 11.3 Å². The third kappa shape index (κ3) is 2.20. The summed E-state index contributed by atoms with van der Waals surface area (Å²) < 4.78 is 0. The minimum atomic E-state index is 0.169. The van der Waals surface area contributed by atoms with E-state index in [4.69, 9.17) is 5.26 Å². The van der Waals surface area contributed by atoms with Gasteiger partial charge in [0.15, 0.2) is 0 Å². The molecular weight excluding hydrogens is 218 g/mol. The van der Waals surface area contributed by atoms with Crippen LogP contribution >= 0.6 is 11.3 Å². The Hall–Kier alpha value is -1.86. The topological polar surface area (TPSA) is 48.7 Å². The Morgan fingerprint density at radius 1 is 1.44 bits per heavy atom. The lowest BCUT2D eigenvalue weighted by Gasteiger charge is -2.13. The summed E-state index contributed by atoms with van der Waals surface area (Å²) in [4.78, 5) is 5.40. The van der Waals surface area contributed by atoms with Crippen molar-refractivity contribution in [3.63, 3.8) is 0 Å². The smallest absolute Gasteiger partial charge is 0.144 e. The van der Waals surface area contributed by atoms with Crippen molar-refractivity contribution in [2.45, 2.75) is 13.0 Å². The van der Waals surface area contributed by atoms with E-state index in [2.05, 4.69) is 29.4 Å². The molecule has 0 amide bonds. The van der Waals surface area contributed by atoms with Crippen LogP contribution in [-0.4, -0.2) is 4.98 Å². The van der Waals surface area contributed by atoms with Crippen LogP contribution in [0.4, 0.5) is 5.82 Å². The molecule has 4 heteroatoms. The monoisotopic (exact) mass is 229 g/mol. The number of pyridine rings is 1. The third-order valence-electron chi connectivity index (χ3n) is 2.25. The number of aromatic nitrogens is 1. The molecule has 0 bridgehead atoms. The fourth-order valence-corrected chi connectivity index (χ4v) is 2.16. The average molecular weight is 229 g/mol. The molecule has 0 aromatic carbocycles. The summed E-state index contributed by atoms with van der Waals surface area (Å²) in [6.07, 6.45) is 1.68. The second-order valence-electron chi connectivity index (χ2n) is 3.39.